The summed E-state index contributed by atoms with van der Waals surface area (Å²) in [6, 6.07) is 19.8. The number of aliphatic hydroxyl groups is 1. The highest BCUT2D eigenvalue weighted by Crippen LogP contribution is 2.39. The van der Waals surface area contributed by atoms with E-state index in [1.807, 2.05) is 74.5 Å². The minimum atomic E-state index is -0.567. The van der Waals surface area contributed by atoms with Crippen LogP contribution in [0.4, 0.5) is 0 Å². The monoisotopic (exact) mass is 361 g/mol. The fraction of sp³-hybridized carbons (Fsp3) is 0.261. The molecule has 4 heteroatoms. The molecule has 0 spiro atoms. The van der Waals surface area contributed by atoms with Gasteiger partial charge in [0.1, 0.15) is 5.76 Å². The van der Waals surface area contributed by atoms with Crippen LogP contribution in [0.3, 0.4) is 0 Å². The number of aromatic amines is 1. The molecule has 3 aromatic rings. The maximum Gasteiger partial charge on any atom is 0.339 e. The predicted molar refractivity (Wildman–Crippen MR) is 106 cm³/mol. The van der Waals surface area contributed by atoms with Gasteiger partial charge in [-0.25, -0.2) is 4.79 Å². The van der Waals surface area contributed by atoms with E-state index in [1.54, 1.807) is 0 Å². The lowest BCUT2D eigenvalue weighted by Crippen LogP contribution is -2.14. The van der Waals surface area contributed by atoms with Crippen LogP contribution in [-0.2, 0) is 9.53 Å². The highest BCUT2D eigenvalue weighted by molar-refractivity contribution is 5.95. The molecule has 4 rings (SSSR count). The van der Waals surface area contributed by atoms with Gasteiger partial charge in [-0.2, -0.15) is 0 Å². The Morgan fingerprint density at radius 2 is 1.78 bits per heavy atom. The number of hydrogen-bond donors (Lipinski definition) is 2. The first-order chi connectivity index (χ1) is 13.0. The number of rotatable bonds is 5. The third-order valence-electron chi connectivity index (χ3n) is 5.02. The first-order valence-corrected chi connectivity index (χ1v) is 9.31. The normalized spacial score (nSPS) is 18.3. The molecule has 1 aliphatic heterocycles. The first kappa shape index (κ1) is 17.4. The van der Waals surface area contributed by atoms with Crippen LogP contribution in [0.1, 0.15) is 37.4 Å². The van der Waals surface area contributed by atoms with Crippen LogP contribution < -0.4 is 0 Å². The van der Waals surface area contributed by atoms with Crippen molar-refractivity contribution < 1.29 is 14.6 Å². The highest BCUT2D eigenvalue weighted by atomic mass is 16.6. The molecule has 138 valence electrons. The Balaban J connectivity index is 1.86. The van der Waals surface area contributed by atoms with E-state index in [1.165, 1.54) is 0 Å². The first-order valence-electron chi connectivity index (χ1n) is 9.31. The van der Waals surface area contributed by atoms with E-state index < -0.39 is 18.0 Å². The van der Waals surface area contributed by atoms with Gasteiger partial charge in [-0.1, -0.05) is 62.4 Å². The Morgan fingerprint density at radius 1 is 1.07 bits per heavy atom. The minimum absolute atomic E-state index is 0.0567. The zero-order valence-corrected chi connectivity index (χ0v) is 15.5. The van der Waals surface area contributed by atoms with Crippen LogP contribution in [0.15, 0.2) is 72.0 Å². The number of benzene rings is 2. The van der Waals surface area contributed by atoms with Crippen molar-refractivity contribution in [1.82, 2.24) is 4.98 Å². The summed E-state index contributed by atoms with van der Waals surface area (Å²) in [7, 11) is 0. The van der Waals surface area contributed by atoms with E-state index in [0.717, 1.165) is 22.2 Å². The molecular weight excluding hydrogens is 338 g/mol. The smallest absolute Gasteiger partial charge is 0.339 e. The van der Waals surface area contributed by atoms with E-state index in [4.69, 9.17) is 4.74 Å². The van der Waals surface area contributed by atoms with Gasteiger partial charge in [0.2, 0.25) is 0 Å². The number of carbonyl (C=O) groups excluding carboxylic acids is 1. The lowest BCUT2D eigenvalue weighted by atomic mass is 9.87. The molecule has 27 heavy (non-hydrogen) atoms. The number of carbonyl (C=O) groups is 1. The second-order valence-corrected chi connectivity index (χ2v) is 7.48. The molecule has 0 bridgehead atoms. The Kier molecular flexibility index (Phi) is 4.48. The van der Waals surface area contributed by atoms with E-state index in [9.17, 15) is 9.90 Å². The van der Waals surface area contributed by atoms with Crippen LogP contribution in [0.25, 0.3) is 10.9 Å². The summed E-state index contributed by atoms with van der Waals surface area (Å²) < 4.78 is 5.52. The molecule has 2 atom stereocenters. The lowest BCUT2D eigenvalue weighted by molar-refractivity contribution is -0.140. The fourth-order valence-corrected chi connectivity index (χ4v) is 3.78. The zero-order valence-electron chi connectivity index (χ0n) is 15.5. The average molecular weight is 361 g/mol. The van der Waals surface area contributed by atoms with Gasteiger partial charge >= 0.3 is 5.97 Å². The summed E-state index contributed by atoms with van der Waals surface area (Å²) in [5.41, 5.74) is 3.14. The molecule has 0 amide bonds. The van der Waals surface area contributed by atoms with Crippen LogP contribution in [-0.4, -0.2) is 22.2 Å². The summed E-state index contributed by atoms with van der Waals surface area (Å²) in [6.07, 6.45) is 0.0399. The summed E-state index contributed by atoms with van der Waals surface area (Å²) >= 11 is 0. The SMILES string of the molecule is CC(C)CC1OC(=O)C(C(c2ccccc2)c2cc3ccccc3[nH]2)=C1O. The number of hydrogen-bond acceptors (Lipinski definition) is 3. The zero-order chi connectivity index (χ0) is 19.0. The van der Waals surface area contributed by atoms with Gasteiger partial charge in [0.15, 0.2) is 6.10 Å². The van der Waals surface area contributed by atoms with Crippen molar-refractivity contribution in [1.29, 1.82) is 0 Å². The van der Waals surface area contributed by atoms with Crippen molar-refractivity contribution in [2.75, 3.05) is 0 Å². The molecule has 2 N–H and O–H groups in total. The summed E-state index contributed by atoms with van der Waals surface area (Å²) in [4.78, 5) is 16.1. The van der Waals surface area contributed by atoms with Crippen molar-refractivity contribution in [2.45, 2.75) is 32.3 Å². The average Bonchev–Trinajstić information content (AvgIpc) is 3.19. The van der Waals surface area contributed by atoms with Crippen LogP contribution >= 0.6 is 0 Å². The molecule has 0 fully saturated rings. The van der Waals surface area contributed by atoms with E-state index in [2.05, 4.69) is 4.98 Å². The molecule has 0 saturated carbocycles. The Labute approximate surface area is 158 Å². The largest absolute Gasteiger partial charge is 0.508 e. The maximum absolute atomic E-state index is 12.7. The Morgan fingerprint density at radius 3 is 2.48 bits per heavy atom. The lowest BCUT2D eigenvalue weighted by Gasteiger charge is -2.16. The van der Waals surface area contributed by atoms with Gasteiger partial charge in [-0.15, -0.1) is 0 Å². The predicted octanol–water partition coefficient (Wildman–Crippen LogP) is 5.08. The third kappa shape index (κ3) is 3.23. The van der Waals surface area contributed by atoms with Crippen molar-refractivity contribution >= 4 is 16.9 Å². The highest BCUT2D eigenvalue weighted by Gasteiger charge is 2.40. The molecular formula is C23H23NO3. The fourth-order valence-electron chi connectivity index (χ4n) is 3.78. The van der Waals surface area contributed by atoms with E-state index >= 15 is 0 Å². The van der Waals surface area contributed by atoms with Crippen LogP contribution in [0.5, 0.6) is 0 Å². The number of nitrogens with one attached hydrogen (secondary N) is 1. The number of para-hydroxylation sites is 1. The van der Waals surface area contributed by atoms with Gasteiger partial charge < -0.3 is 14.8 Å². The second-order valence-electron chi connectivity index (χ2n) is 7.48. The van der Waals surface area contributed by atoms with Gasteiger partial charge in [0.05, 0.1) is 11.5 Å². The molecule has 0 radical (unpaired) electrons. The van der Waals surface area contributed by atoms with Crippen molar-refractivity contribution in [3.05, 3.63) is 83.3 Å². The van der Waals surface area contributed by atoms with E-state index in [-0.39, 0.29) is 5.76 Å². The number of fused-ring (bicyclic) bond motifs is 1. The summed E-state index contributed by atoms with van der Waals surface area (Å²) in [5, 5.41) is 11.9. The number of cyclic esters (lactones) is 1. The quantitative estimate of drug-likeness (QED) is 0.623. The topological polar surface area (TPSA) is 62.3 Å². The number of H-pyrrole nitrogens is 1. The molecule has 2 aromatic carbocycles. The molecule has 1 aromatic heterocycles. The third-order valence-corrected chi connectivity index (χ3v) is 5.02. The standard InChI is InChI=1S/C23H23NO3/c1-14(2)12-19-22(25)21(23(26)27-19)20(15-8-4-3-5-9-15)18-13-16-10-6-7-11-17(16)24-18/h3-11,13-14,19-20,24-25H,12H2,1-2H3. The molecule has 2 unspecified atom stereocenters. The Bertz CT molecular complexity index is 968. The van der Waals surface area contributed by atoms with E-state index in [0.29, 0.717) is 17.9 Å². The van der Waals surface area contributed by atoms with Crippen molar-refractivity contribution in [2.24, 2.45) is 5.92 Å². The van der Waals surface area contributed by atoms with Gasteiger partial charge in [-0.05, 0) is 35.4 Å². The minimum Gasteiger partial charge on any atom is -0.508 e. The number of ether oxygens (including phenoxy) is 1. The molecule has 4 nitrogen and oxygen atoms in total. The summed E-state index contributed by atoms with van der Waals surface area (Å²) in [5.74, 6) is -0.470. The number of aliphatic hydroxyl groups excluding tert-OH is 1. The van der Waals surface area contributed by atoms with Crippen molar-refractivity contribution in [3.8, 4) is 0 Å². The molecule has 0 saturated heterocycles. The van der Waals surface area contributed by atoms with Crippen LogP contribution in [0.2, 0.25) is 0 Å². The van der Waals surface area contributed by atoms with Crippen molar-refractivity contribution in [3.63, 3.8) is 0 Å². The second kappa shape index (κ2) is 6.95. The number of esters is 1. The van der Waals surface area contributed by atoms with Crippen LogP contribution in [0, 0.1) is 5.92 Å². The Hall–Kier alpha value is -3.01. The molecule has 0 aliphatic carbocycles. The van der Waals surface area contributed by atoms with Gasteiger partial charge in [0.25, 0.3) is 0 Å². The number of aromatic nitrogens is 1. The summed E-state index contributed by atoms with van der Waals surface area (Å²) in [6.45, 7) is 4.09. The molecule has 1 aliphatic rings. The van der Waals surface area contributed by atoms with Gasteiger partial charge in [0, 0.05) is 11.2 Å². The maximum atomic E-state index is 12.7. The van der Waals surface area contributed by atoms with Gasteiger partial charge in [-0.3, -0.25) is 0 Å². The molecule has 2 heterocycles.